The van der Waals surface area contributed by atoms with Crippen molar-refractivity contribution in [1.82, 2.24) is 0 Å². The molecule has 16 heavy (non-hydrogen) atoms. The van der Waals surface area contributed by atoms with Crippen LogP contribution in [0.5, 0.6) is 5.75 Å². The Balaban J connectivity index is 2.21. The molecular weight excluding hydrogens is 208 g/mol. The molecule has 90 valence electrons. The summed E-state index contributed by atoms with van der Waals surface area (Å²) < 4.78 is 10.4. The van der Waals surface area contributed by atoms with Gasteiger partial charge in [-0.25, -0.2) is 0 Å². The predicted molar refractivity (Wildman–Crippen MR) is 60.4 cm³/mol. The number of hydrogen-bond acceptors (Lipinski definition) is 4. The van der Waals surface area contributed by atoms with Crippen LogP contribution < -0.4 is 4.74 Å². The van der Waals surface area contributed by atoms with Gasteiger partial charge in [-0.05, 0) is 24.1 Å². The van der Waals surface area contributed by atoms with Crippen molar-refractivity contribution >= 4 is 0 Å². The Labute approximate surface area is 95.4 Å². The molecule has 1 atom stereocenters. The van der Waals surface area contributed by atoms with Crippen LogP contribution >= 0.6 is 0 Å². The largest absolute Gasteiger partial charge is 0.497 e. The highest BCUT2D eigenvalue weighted by Crippen LogP contribution is 2.11. The summed E-state index contributed by atoms with van der Waals surface area (Å²) in [4.78, 5) is 0. The molecule has 0 fully saturated rings. The second-order valence-corrected chi connectivity index (χ2v) is 3.53. The monoisotopic (exact) mass is 226 g/mol. The smallest absolute Gasteiger partial charge is 0.118 e. The molecule has 0 saturated heterocycles. The molecule has 0 spiro atoms. The zero-order chi connectivity index (χ0) is 11.8. The highest BCUT2D eigenvalue weighted by molar-refractivity contribution is 5.26. The van der Waals surface area contributed by atoms with Crippen LogP contribution in [0.15, 0.2) is 24.3 Å². The lowest BCUT2D eigenvalue weighted by atomic mass is 10.2. The van der Waals surface area contributed by atoms with E-state index in [0.29, 0.717) is 19.6 Å². The van der Waals surface area contributed by atoms with Gasteiger partial charge in [0.2, 0.25) is 0 Å². The maximum atomic E-state index is 9.08. The highest BCUT2D eigenvalue weighted by Gasteiger charge is 2.01. The Morgan fingerprint density at radius 2 is 1.94 bits per heavy atom. The lowest BCUT2D eigenvalue weighted by Gasteiger charge is -2.08. The van der Waals surface area contributed by atoms with Gasteiger partial charge in [-0.2, -0.15) is 0 Å². The summed E-state index contributed by atoms with van der Waals surface area (Å²) in [5.74, 6) is 0.819. The number of hydrogen-bond donors (Lipinski definition) is 2. The molecule has 0 bridgehead atoms. The fraction of sp³-hybridized carbons (Fsp3) is 0.500. The molecule has 0 aliphatic heterocycles. The third-order valence-corrected chi connectivity index (χ3v) is 2.23. The summed E-state index contributed by atoms with van der Waals surface area (Å²) in [5.41, 5.74) is 1.05. The molecular formula is C12H18O4. The van der Waals surface area contributed by atoms with Crippen LogP contribution in [0.2, 0.25) is 0 Å². The summed E-state index contributed by atoms with van der Waals surface area (Å²) in [6.07, 6.45) is -0.233. The summed E-state index contributed by atoms with van der Waals surface area (Å²) in [7, 11) is 1.63. The maximum absolute atomic E-state index is 9.08. The Morgan fingerprint density at radius 1 is 1.25 bits per heavy atom. The number of rotatable bonds is 7. The first kappa shape index (κ1) is 13.0. The average Bonchev–Trinajstić information content (AvgIpc) is 2.35. The molecule has 0 radical (unpaired) electrons. The minimum atomic E-state index is -0.684. The van der Waals surface area contributed by atoms with Gasteiger partial charge in [-0.15, -0.1) is 0 Å². The van der Waals surface area contributed by atoms with Crippen LogP contribution in [0.25, 0.3) is 0 Å². The Bertz CT molecular complexity index is 284. The molecule has 0 unspecified atom stereocenters. The van der Waals surface area contributed by atoms with E-state index < -0.39 is 6.10 Å². The van der Waals surface area contributed by atoms with Gasteiger partial charge in [0.25, 0.3) is 0 Å². The van der Waals surface area contributed by atoms with Crippen LogP contribution in [-0.4, -0.2) is 36.6 Å². The van der Waals surface area contributed by atoms with Crippen molar-refractivity contribution in [3.8, 4) is 5.75 Å². The van der Waals surface area contributed by atoms with Crippen LogP contribution in [0, 0.1) is 0 Å². The number of benzene rings is 1. The number of aliphatic hydroxyl groups is 2. The molecule has 0 heterocycles. The average molecular weight is 226 g/mol. The Hall–Kier alpha value is -1.10. The van der Waals surface area contributed by atoms with Gasteiger partial charge in [0, 0.05) is 6.61 Å². The van der Waals surface area contributed by atoms with E-state index in [1.807, 2.05) is 24.3 Å². The maximum Gasteiger partial charge on any atom is 0.118 e. The standard InChI is InChI=1S/C12H18O4/c1-15-12-4-2-10(3-5-12)9-16-7-6-11(14)8-13/h2-5,11,13-14H,6-9H2,1H3/t11-/m1/s1. The van der Waals surface area contributed by atoms with Gasteiger partial charge in [-0.3, -0.25) is 0 Å². The van der Waals surface area contributed by atoms with E-state index in [9.17, 15) is 0 Å². The molecule has 1 aromatic rings. The van der Waals surface area contributed by atoms with Crippen molar-refractivity contribution in [2.75, 3.05) is 20.3 Å². The van der Waals surface area contributed by atoms with E-state index in [1.54, 1.807) is 7.11 Å². The second kappa shape index (κ2) is 7.22. The molecule has 0 aromatic heterocycles. The normalized spacial score (nSPS) is 12.4. The van der Waals surface area contributed by atoms with E-state index in [1.165, 1.54) is 0 Å². The van der Waals surface area contributed by atoms with Gasteiger partial charge in [-0.1, -0.05) is 12.1 Å². The van der Waals surface area contributed by atoms with E-state index in [4.69, 9.17) is 19.7 Å². The molecule has 0 aliphatic carbocycles. The molecule has 0 amide bonds. The fourth-order valence-electron chi connectivity index (χ4n) is 1.22. The van der Waals surface area contributed by atoms with Crippen LogP contribution in [0.1, 0.15) is 12.0 Å². The molecule has 0 saturated carbocycles. The van der Waals surface area contributed by atoms with Gasteiger partial charge in [0.15, 0.2) is 0 Å². The molecule has 2 N–H and O–H groups in total. The lowest BCUT2D eigenvalue weighted by molar-refractivity contribution is 0.0436. The number of aliphatic hydroxyl groups excluding tert-OH is 2. The molecule has 4 heteroatoms. The third-order valence-electron chi connectivity index (χ3n) is 2.23. The van der Waals surface area contributed by atoms with Crippen molar-refractivity contribution in [2.45, 2.75) is 19.1 Å². The first-order valence-electron chi connectivity index (χ1n) is 5.26. The van der Waals surface area contributed by atoms with E-state index in [2.05, 4.69) is 0 Å². The van der Waals surface area contributed by atoms with Gasteiger partial charge in [0.1, 0.15) is 5.75 Å². The molecule has 0 aliphatic rings. The summed E-state index contributed by atoms with van der Waals surface area (Å²) in [5, 5.41) is 17.7. The zero-order valence-corrected chi connectivity index (χ0v) is 9.43. The molecule has 1 aromatic carbocycles. The van der Waals surface area contributed by atoms with Gasteiger partial charge >= 0.3 is 0 Å². The minimum Gasteiger partial charge on any atom is -0.497 e. The predicted octanol–water partition coefficient (Wildman–Crippen LogP) is 0.955. The molecule has 4 nitrogen and oxygen atoms in total. The minimum absolute atomic E-state index is 0.216. The SMILES string of the molecule is COc1ccc(COCC[C@@H](O)CO)cc1. The van der Waals surface area contributed by atoms with Crippen molar-refractivity contribution < 1.29 is 19.7 Å². The van der Waals surface area contributed by atoms with Crippen LogP contribution in [0.4, 0.5) is 0 Å². The van der Waals surface area contributed by atoms with Crippen molar-refractivity contribution in [3.05, 3.63) is 29.8 Å². The summed E-state index contributed by atoms with van der Waals surface area (Å²) in [6.45, 7) is 0.724. The number of methoxy groups -OCH3 is 1. The Morgan fingerprint density at radius 3 is 2.50 bits per heavy atom. The van der Waals surface area contributed by atoms with Crippen LogP contribution in [-0.2, 0) is 11.3 Å². The Kier molecular flexibility index (Phi) is 5.85. The first-order valence-corrected chi connectivity index (χ1v) is 5.26. The fourth-order valence-corrected chi connectivity index (χ4v) is 1.22. The van der Waals surface area contributed by atoms with Gasteiger partial charge in [0.05, 0.1) is 26.4 Å². The number of ether oxygens (including phenoxy) is 2. The van der Waals surface area contributed by atoms with Gasteiger partial charge < -0.3 is 19.7 Å². The zero-order valence-electron chi connectivity index (χ0n) is 9.43. The van der Waals surface area contributed by atoms with Crippen molar-refractivity contribution in [1.29, 1.82) is 0 Å². The summed E-state index contributed by atoms with van der Waals surface area (Å²) in [6, 6.07) is 7.62. The quantitative estimate of drug-likeness (QED) is 0.680. The van der Waals surface area contributed by atoms with E-state index in [0.717, 1.165) is 11.3 Å². The second-order valence-electron chi connectivity index (χ2n) is 3.53. The topological polar surface area (TPSA) is 58.9 Å². The van der Waals surface area contributed by atoms with Crippen molar-refractivity contribution in [3.63, 3.8) is 0 Å². The summed E-state index contributed by atoms with van der Waals surface area (Å²) >= 11 is 0. The first-order chi connectivity index (χ1) is 7.76. The van der Waals surface area contributed by atoms with Crippen molar-refractivity contribution in [2.24, 2.45) is 0 Å². The van der Waals surface area contributed by atoms with E-state index in [-0.39, 0.29) is 6.61 Å². The van der Waals surface area contributed by atoms with E-state index >= 15 is 0 Å². The molecule has 1 rings (SSSR count). The highest BCUT2D eigenvalue weighted by atomic mass is 16.5. The van der Waals surface area contributed by atoms with Crippen LogP contribution in [0.3, 0.4) is 0 Å². The lowest BCUT2D eigenvalue weighted by Crippen LogP contribution is -2.14. The third kappa shape index (κ3) is 4.61.